The van der Waals surface area contributed by atoms with E-state index >= 15 is 0 Å². The van der Waals surface area contributed by atoms with Gasteiger partial charge >= 0.3 is 0 Å². The molecule has 0 aliphatic heterocycles. The summed E-state index contributed by atoms with van der Waals surface area (Å²) in [6.07, 6.45) is 0. The lowest BCUT2D eigenvalue weighted by Crippen LogP contribution is -2.05. The molecular formula is C2H5ClN2O4. The summed E-state index contributed by atoms with van der Waals surface area (Å²) in [6.45, 7) is -0.0679. The van der Waals surface area contributed by atoms with Gasteiger partial charge in [0.25, 0.3) is 5.09 Å². The van der Waals surface area contributed by atoms with E-state index in [1.54, 1.807) is 0 Å². The van der Waals surface area contributed by atoms with Crippen molar-refractivity contribution < 1.29 is 15.1 Å². The second kappa shape index (κ2) is 7.12. The summed E-state index contributed by atoms with van der Waals surface area (Å²) in [6, 6.07) is 0. The van der Waals surface area contributed by atoms with Gasteiger partial charge in [0.2, 0.25) is 5.24 Å². The first kappa shape index (κ1) is 11.0. The summed E-state index contributed by atoms with van der Waals surface area (Å²) in [5.41, 5.74) is 4.69. The zero-order valence-electron chi connectivity index (χ0n) is 4.28. The Morgan fingerprint density at radius 1 is 1.89 bits per heavy atom. The number of halogens is 1. The summed E-state index contributed by atoms with van der Waals surface area (Å²) in [7, 11) is 0. The highest BCUT2D eigenvalue weighted by molar-refractivity contribution is 6.64. The van der Waals surface area contributed by atoms with E-state index in [1.165, 1.54) is 0 Å². The van der Waals surface area contributed by atoms with Crippen molar-refractivity contribution in [1.29, 1.82) is 0 Å². The Labute approximate surface area is 55.3 Å². The van der Waals surface area contributed by atoms with Gasteiger partial charge in [-0.2, -0.15) is 0 Å². The van der Waals surface area contributed by atoms with E-state index in [-0.39, 0.29) is 6.54 Å². The quantitative estimate of drug-likeness (QED) is 0.298. The Hall–Kier alpha value is -0.880. The smallest absolute Gasteiger partial charge is 0.291 e. The molecule has 0 saturated carbocycles. The highest BCUT2D eigenvalue weighted by Crippen LogP contribution is 1.68. The highest BCUT2D eigenvalue weighted by Gasteiger charge is 1.81. The molecule has 0 atom stereocenters. The van der Waals surface area contributed by atoms with E-state index in [1.807, 2.05) is 0 Å². The summed E-state index contributed by atoms with van der Waals surface area (Å²) in [5.74, 6) is 0. The van der Waals surface area contributed by atoms with Gasteiger partial charge in [-0.25, -0.2) is 0 Å². The first-order valence-corrected chi connectivity index (χ1v) is 2.10. The van der Waals surface area contributed by atoms with Crippen LogP contribution >= 0.6 is 11.6 Å². The van der Waals surface area contributed by atoms with E-state index in [0.29, 0.717) is 0 Å². The zero-order chi connectivity index (χ0) is 7.86. The van der Waals surface area contributed by atoms with Crippen LogP contribution in [0.2, 0.25) is 0 Å². The van der Waals surface area contributed by atoms with Gasteiger partial charge in [0.15, 0.2) is 0 Å². The Kier molecular flexibility index (Phi) is 8.69. The van der Waals surface area contributed by atoms with E-state index in [9.17, 15) is 4.79 Å². The fourth-order valence-electron chi connectivity index (χ4n) is 0. The highest BCUT2D eigenvalue weighted by atomic mass is 35.5. The molecule has 0 bridgehead atoms. The van der Waals surface area contributed by atoms with Gasteiger partial charge in [-0.1, -0.05) is 0 Å². The number of rotatable bonds is 1. The molecule has 0 saturated heterocycles. The third-order valence-corrected chi connectivity index (χ3v) is 0.315. The number of carbonyl (C=O) groups is 1. The first-order chi connectivity index (χ1) is 4.00. The molecule has 0 fully saturated rings. The van der Waals surface area contributed by atoms with Crippen LogP contribution in [0.5, 0.6) is 0 Å². The van der Waals surface area contributed by atoms with Crippen molar-refractivity contribution in [2.75, 3.05) is 6.54 Å². The minimum absolute atomic E-state index is 0.0679. The van der Waals surface area contributed by atoms with Crippen LogP contribution in [0.4, 0.5) is 0 Å². The molecule has 3 N–H and O–H groups in total. The van der Waals surface area contributed by atoms with Crippen LogP contribution in [0.1, 0.15) is 0 Å². The normalized spacial score (nSPS) is 6.89. The molecule has 0 heterocycles. The van der Waals surface area contributed by atoms with Crippen LogP contribution in [0.15, 0.2) is 0 Å². The fraction of sp³-hybridized carbons (Fsp3) is 0.500. The van der Waals surface area contributed by atoms with Crippen molar-refractivity contribution in [2.45, 2.75) is 0 Å². The van der Waals surface area contributed by atoms with Crippen molar-refractivity contribution in [3.63, 3.8) is 0 Å². The van der Waals surface area contributed by atoms with E-state index in [0.717, 1.165) is 0 Å². The largest absolute Gasteiger partial charge is 0.328 e. The second-order valence-electron chi connectivity index (χ2n) is 0.797. The molecule has 0 aliphatic carbocycles. The molecule has 0 aromatic heterocycles. The maximum atomic E-state index is 9.45. The van der Waals surface area contributed by atoms with Gasteiger partial charge in [-0.3, -0.25) is 4.79 Å². The number of nitrogens with zero attached hydrogens (tertiary/aromatic N) is 1. The Morgan fingerprint density at radius 3 is 2.00 bits per heavy atom. The SMILES string of the molecule is NCC(=O)Cl.O=[N+]([O-])O. The van der Waals surface area contributed by atoms with Crippen molar-refractivity contribution in [2.24, 2.45) is 5.73 Å². The summed E-state index contributed by atoms with van der Waals surface area (Å²) in [5, 5.41) is 13.1. The van der Waals surface area contributed by atoms with Crippen molar-refractivity contribution >= 4 is 16.8 Å². The number of nitrogens with two attached hydrogens (primary N) is 1. The average Bonchev–Trinajstić information content (AvgIpc) is 1.65. The molecule has 0 spiro atoms. The van der Waals surface area contributed by atoms with Crippen molar-refractivity contribution in [1.82, 2.24) is 0 Å². The Bertz CT molecular complexity index is 101. The molecule has 0 amide bonds. The lowest BCUT2D eigenvalue weighted by atomic mass is 10.8. The van der Waals surface area contributed by atoms with Crippen LogP contribution in [-0.4, -0.2) is 22.1 Å². The van der Waals surface area contributed by atoms with E-state index in [2.05, 4.69) is 5.73 Å². The summed E-state index contributed by atoms with van der Waals surface area (Å²) < 4.78 is 0. The molecular weight excluding hydrogens is 151 g/mol. The number of hydrogen-bond donors (Lipinski definition) is 2. The van der Waals surface area contributed by atoms with Crippen LogP contribution < -0.4 is 5.73 Å². The van der Waals surface area contributed by atoms with Gasteiger partial charge in [0.1, 0.15) is 0 Å². The minimum Gasteiger partial charge on any atom is -0.328 e. The maximum Gasteiger partial charge on any atom is 0.291 e. The monoisotopic (exact) mass is 156 g/mol. The molecule has 0 aromatic rings. The first-order valence-electron chi connectivity index (χ1n) is 1.72. The second-order valence-corrected chi connectivity index (χ2v) is 1.22. The molecule has 0 aliphatic rings. The van der Waals surface area contributed by atoms with Crippen molar-refractivity contribution in [3.05, 3.63) is 10.1 Å². The van der Waals surface area contributed by atoms with Gasteiger partial charge in [-0.05, 0) is 11.6 Å². The fourth-order valence-corrected chi connectivity index (χ4v) is 0. The predicted octanol–water partition coefficient (Wildman–Crippen LogP) is -0.637. The molecule has 54 valence electrons. The third kappa shape index (κ3) is 149. The molecule has 0 rings (SSSR count). The van der Waals surface area contributed by atoms with Crippen molar-refractivity contribution in [3.8, 4) is 0 Å². The van der Waals surface area contributed by atoms with Gasteiger partial charge < -0.3 is 10.9 Å². The average molecular weight is 157 g/mol. The summed E-state index contributed by atoms with van der Waals surface area (Å²) >= 11 is 4.70. The third-order valence-electron chi connectivity index (χ3n) is 0.160. The molecule has 7 heteroatoms. The Balaban J connectivity index is 0. The molecule has 0 unspecified atom stereocenters. The topological polar surface area (TPSA) is 106 Å². The molecule has 6 nitrogen and oxygen atoms in total. The predicted molar refractivity (Wildman–Crippen MR) is 28.7 cm³/mol. The number of hydrogen-bond acceptors (Lipinski definition) is 4. The lowest BCUT2D eigenvalue weighted by molar-refractivity contribution is -0.742. The van der Waals surface area contributed by atoms with Crippen LogP contribution in [0.3, 0.4) is 0 Å². The van der Waals surface area contributed by atoms with Crippen LogP contribution in [0.25, 0.3) is 0 Å². The van der Waals surface area contributed by atoms with Crippen LogP contribution in [-0.2, 0) is 4.79 Å². The van der Waals surface area contributed by atoms with Crippen LogP contribution in [0, 0.1) is 10.1 Å². The summed E-state index contributed by atoms with van der Waals surface area (Å²) in [4.78, 5) is 17.8. The Morgan fingerprint density at radius 2 is 2.00 bits per heavy atom. The van der Waals surface area contributed by atoms with Gasteiger partial charge in [0.05, 0.1) is 6.54 Å². The molecule has 0 radical (unpaired) electrons. The van der Waals surface area contributed by atoms with E-state index < -0.39 is 10.3 Å². The maximum absolute atomic E-state index is 9.45. The standard InChI is InChI=1S/C2H4ClNO.HNO3/c3-2(5)1-4;2-1(3)4/h1,4H2;(H,2,3,4). The zero-order valence-corrected chi connectivity index (χ0v) is 5.04. The molecule has 0 aromatic carbocycles. The van der Waals surface area contributed by atoms with Gasteiger partial charge in [0, 0.05) is 0 Å². The molecule has 9 heavy (non-hydrogen) atoms. The lowest BCUT2D eigenvalue weighted by Gasteiger charge is -1.69. The van der Waals surface area contributed by atoms with E-state index in [4.69, 9.17) is 26.9 Å². The number of carbonyl (C=O) groups excluding carboxylic acids is 1. The van der Waals surface area contributed by atoms with Gasteiger partial charge in [-0.15, -0.1) is 10.1 Å². The minimum atomic E-state index is -1.50.